The van der Waals surface area contributed by atoms with Gasteiger partial charge < -0.3 is 10.6 Å². The smallest absolute Gasteiger partial charge is 0.251 e. The normalized spacial score (nSPS) is 21.2. The monoisotopic (exact) mass is 302 g/mol. The fraction of sp³-hybridized carbons (Fsp3) is 0.412. The largest absolute Gasteiger partial charge is 0.369 e. The van der Waals surface area contributed by atoms with Gasteiger partial charge in [0.15, 0.2) is 0 Å². The van der Waals surface area contributed by atoms with Crippen molar-refractivity contribution in [3.8, 4) is 0 Å². The number of hydrogen-bond donors (Lipinski definition) is 1. The van der Waals surface area contributed by atoms with Gasteiger partial charge in [0.2, 0.25) is 5.91 Å². The third kappa shape index (κ3) is 2.75. The van der Waals surface area contributed by atoms with E-state index in [9.17, 15) is 14.0 Å². The average molecular weight is 302 g/mol. The van der Waals surface area contributed by atoms with Crippen molar-refractivity contribution in [2.24, 2.45) is 5.73 Å². The second-order valence-corrected chi connectivity index (χ2v) is 5.97. The number of nitrogens with two attached hydrogens (primary N) is 1. The first-order valence-corrected chi connectivity index (χ1v) is 7.62. The molecule has 0 aromatic heterocycles. The Morgan fingerprint density at radius 1 is 1.27 bits per heavy atom. The van der Waals surface area contributed by atoms with Gasteiger partial charge in [-0.1, -0.05) is 18.6 Å². The molecule has 5 heteroatoms. The van der Waals surface area contributed by atoms with Crippen molar-refractivity contribution >= 4 is 11.8 Å². The van der Waals surface area contributed by atoms with Crippen LogP contribution in [0, 0.1) is 5.82 Å². The van der Waals surface area contributed by atoms with E-state index in [1.165, 1.54) is 12.1 Å². The van der Waals surface area contributed by atoms with E-state index in [-0.39, 0.29) is 24.2 Å². The van der Waals surface area contributed by atoms with E-state index in [0.717, 1.165) is 36.8 Å². The molecule has 2 N–H and O–H groups in total. The summed E-state index contributed by atoms with van der Waals surface area (Å²) in [6.45, 7) is 0.440. The van der Waals surface area contributed by atoms with Crippen molar-refractivity contribution in [3.63, 3.8) is 0 Å². The topological polar surface area (TPSA) is 63.4 Å². The summed E-state index contributed by atoms with van der Waals surface area (Å²) in [5.74, 6) is -0.851. The van der Waals surface area contributed by atoms with Gasteiger partial charge in [0, 0.05) is 12.1 Å². The molecule has 1 atom stereocenters. The Morgan fingerprint density at radius 3 is 2.68 bits per heavy atom. The van der Waals surface area contributed by atoms with E-state index < -0.39 is 5.91 Å². The number of benzene rings is 1. The van der Waals surface area contributed by atoms with Crippen LogP contribution < -0.4 is 5.73 Å². The molecule has 1 unspecified atom stereocenters. The summed E-state index contributed by atoms with van der Waals surface area (Å²) in [6, 6.07) is 6.25. The van der Waals surface area contributed by atoms with Crippen molar-refractivity contribution in [3.05, 3.63) is 46.8 Å². The molecule has 1 fully saturated rings. The van der Waals surface area contributed by atoms with Crippen LogP contribution >= 0.6 is 0 Å². The van der Waals surface area contributed by atoms with E-state index in [4.69, 9.17) is 5.73 Å². The molecule has 0 bridgehead atoms. The fourth-order valence-electron chi connectivity index (χ4n) is 3.47. The summed E-state index contributed by atoms with van der Waals surface area (Å²) in [4.78, 5) is 25.7. The molecule has 2 aliphatic rings. The second kappa shape index (κ2) is 5.91. The van der Waals surface area contributed by atoms with Gasteiger partial charge in [0.25, 0.3) is 5.91 Å². The van der Waals surface area contributed by atoms with Crippen LogP contribution in [0.5, 0.6) is 0 Å². The molecular formula is C17H19FN2O2. The molecule has 1 heterocycles. The van der Waals surface area contributed by atoms with Crippen molar-refractivity contribution in [1.29, 1.82) is 0 Å². The van der Waals surface area contributed by atoms with Crippen LogP contribution in [-0.4, -0.2) is 22.8 Å². The average Bonchev–Trinajstić information content (AvgIpc) is 2.75. The maximum atomic E-state index is 13.0. The molecule has 1 aliphatic carbocycles. The van der Waals surface area contributed by atoms with Gasteiger partial charge in [0.05, 0.1) is 12.5 Å². The molecule has 3 rings (SSSR count). The maximum Gasteiger partial charge on any atom is 0.251 e. The molecule has 4 nitrogen and oxygen atoms in total. The summed E-state index contributed by atoms with van der Waals surface area (Å²) in [5.41, 5.74) is 7.84. The van der Waals surface area contributed by atoms with Crippen molar-refractivity contribution in [2.75, 3.05) is 0 Å². The van der Waals surface area contributed by atoms with Gasteiger partial charge >= 0.3 is 0 Å². The minimum atomic E-state index is -0.469. The zero-order valence-corrected chi connectivity index (χ0v) is 12.3. The maximum absolute atomic E-state index is 13.0. The second-order valence-electron chi connectivity index (χ2n) is 5.97. The first kappa shape index (κ1) is 14.8. The number of primary amides is 1. The molecule has 1 aromatic carbocycles. The fourth-order valence-corrected chi connectivity index (χ4v) is 3.47. The van der Waals surface area contributed by atoms with Crippen molar-refractivity contribution < 1.29 is 14.0 Å². The summed E-state index contributed by atoms with van der Waals surface area (Å²) >= 11 is 0. The molecule has 0 spiro atoms. The zero-order valence-electron chi connectivity index (χ0n) is 12.3. The summed E-state index contributed by atoms with van der Waals surface area (Å²) in [5, 5.41) is 0. The zero-order chi connectivity index (χ0) is 15.7. The van der Waals surface area contributed by atoms with E-state index in [2.05, 4.69) is 0 Å². The number of amides is 2. The predicted octanol–water partition coefficient (Wildman–Crippen LogP) is 2.28. The Kier molecular flexibility index (Phi) is 3.96. The highest BCUT2D eigenvalue weighted by molar-refractivity contribution is 6.01. The van der Waals surface area contributed by atoms with E-state index >= 15 is 0 Å². The van der Waals surface area contributed by atoms with Gasteiger partial charge in [0.1, 0.15) is 5.82 Å². The number of hydrogen-bond acceptors (Lipinski definition) is 2. The Hall–Kier alpha value is -2.17. The molecule has 22 heavy (non-hydrogen) atoms. The van der Waals surface area contributed by atoms with Crippen LogP contribution in [-0.2, 0) is 16.1 Å². The molecule has 116 valence electrons. The number of carbonyl (C=O) groups excluding carboxylic acids is 2. The molecule has 0 saturated heterocycles. The number of carbonyl (C=O) groups is 2. The van der Waals surface area contributed by atoms with Gasteiger partial charge in [-0.05, 0) is 42.5 Å². The first-order chi connectivity index (χ1) is 10.6. The Balaban J connectivity index is 1.85. The highest BCUT2D eigenvalue weighted by Crippen LogP contribution is 2.38. The van der Waals surface area contributed by atoms with Crippen LogP contribution in [0.1, 0.15) is 37.7 Å². The van der Waals surface area contributed by atoms with Gasteiger partial charge in [-0.3, -0.25) is 9.59 Å². The Morgan fingerprint density at radius 2 is 2.00 bits per heavy atom. The standard InChI is InChI=1S/C17H19FN2O2/c18-12-7-5-11(6-8-12)10-20-15-4-2-1-3-13(15)14(17(20)22)9-16(19)21/h5-8,15H,1-4,9-10H2,(H2,19,21). The minimum Gasteiger partial charge on any atom is -0.369 e. The highest BCUT2D eigenvalue weighted by Gasteiger charge is 2.39. The van der Waals surface area contributed by atoms with Crippen molar-refractivity contribution in [2.45, 2.75) is 44.7 Å². The molecule has 0 radical (unpaired) electrons. The molecule has 1 saturated carbocycles. The SMILES string of the molecule is NC(=O)CC1=C2CCCCC2N(Cc2ccc(F)cc2)C1=O. The number of halogens is 1. The van der Waals surface area contributed by atoms with Crippen molar-refractivity contribution in [1.82, 2.24) is 4.90 Å². The predicted molar refractivity (Wildman–Crippen MR) is 80.0 cm³/mol. The lowest BCUT2D eigenvalue weighted by molar-refractivity contribution is -0.129. The third-order valence-corrected chi connectivity index (χ3v) is 4.48. The van der Waals surface area contributed by atoms with Crippen LogP contribution in [0.4, 0.5) is 4.39 Å². The van der Waals surface area contributed by atoms with Crippen LogP contribution in [0.25, 0.3) is 0 Å². The van der Waals surface area contributed by atoms with Gasteiger partial charge in [-0.15, -0.1) is 0 Å². The lowest BCUT2D eigenvalue weighted by Gasteiger charge is -2.30. The lowest BCUT2D eigenvalue weighted by Crippen LogP contribution is -2.36. The highest BCUT2D eigenvalue weighted by atomic mass is 19.1. The third-order valence-electron chi connectivity index (χ3n) is 4.48. The number of fused-ring (bicyclic) bond motifs is 1. The van der Waals surface area contributed by atoms with Crippen LogP contribution in [0.3, 0.4) is 0 Å². The van der Waals surface area contributed by atoms with Gasteiger partial charge in [-0.25, -0.2) is 4.39 Å². The molecule has 1 aromatic rings. The number of rotatable bonds is 4. The van der Waals surface area contributed by atoms with Crippen LogP contribution in [0.15, 0.2) is 35.4 Å². The van der Waals surface area contributed by atoms with Crippen LogP contribution in [0.2, 0.25) is 0 Å². The summed E-state index contributed by atoms with van der Waals surface area (Å²) in [7, 11) is 0. The molecule has 2 amide bonds. The first-order valence-electron chi connectivity index (χ1n) is 7.62. The van der Waals surface area contributed by atoms with E-state index in [1.54, 1.807) is 17.0 Å². The number of nitrogens with zero attached hydrogens (tertiary/aromatic N) is 1. The minimum absolute atomic E-state index is 0.0184. The molecular weight excluding hydrogens is 283 g/mol. The van der Waals surface area contributed by atoms with E-state index in [0.29, 0.717) is 12.1 Å². The Labute approximate surface area is 128 Å². The van der Waals surface area contributed by atoms with E-state index in [1.807, 2.05) is 0 Å². The van der Waals surface area contributed by atoms with Gasteiger partial charge in [-0.2, -0.15) is 0 Å². The quantitative estimate of drug-likeness (QED) is 0.927. The molecule has 1 aliphatic heterocycles. The summed E-state index contributed by atoms with van der Waals surface area (Å²) in [6.07, 6.45) is 3.92. The lowest BCUT2D eigenvalue weighted by atomic mass is 9.88. The Bertz CT molecular complexity index is 637. The summed E-state index contributed by atoms with van der Waals surface area (Å²) < 4.78 is 13.0.